The van der Waals surface area contributed by atoms with Gasteiger partial charge in [0.2, 0.25) is 0 Å². The van der Waals surface area contributed by atoms with Crippen molar-refractivity contribution in [1.29, 1.82) is 0 Å². The molecule has 2 aliphatic rings. The molecule has 240 valence electrons. The Kier molecular flexibility index (Phi) is 11.5. The summed E-state index contributed by atoms with van der Waals surface area (Å²) in [7, 11) is 1.62. The lowest BCUT2D eigenvalue weighted by Crippen LogP contribution is -2.28. The summed E-state index contributed by atoms with van der Waals surface area (Å²) in [6, 6.07) is 36.7. The number of hydrogen-bond acceptors (Lipinski definition) is 5. The van der Waals surface area contributed by atoms with Crippen LogP contribution in [0.5, 0.6) is 0 Å². The smallest absolute Gasteiger partial charge is 0.323 e. The molecule has 7 heteroatoms. The van der Waals surface area contributed by atoms with Crippen molar-refractivity contribution in [2.75, 3.05) is 18.5 Å². The molecule has 4 aromatic rings. The summed E-state index contributed by atoms with van der Waals surface area (Å²) >= 11 is 6.48. The molecule has 0 spiro atoms. The topological polar surface area (TPSA) is 60.9 Å². The van der Waals surface area contributed by atoms with E-state index in [2.05, 4.69) is 95.9 Å². The minimum absolute atomic E-state index is 0.214. The first kappa shape index (κ1) is 33.9. The number of rotatable bonds is 9. The van der Waals surface area contributed by atoms with Gasteiger partial charge in [-0.25, -0.2) is 0 Å². The Labute approximate surface area is 287 Å². The van der Waals surface area contributed by atoms with Crippen LogP contribution in [0.25, 0.3) is 17.7 Å². The highest BCUT2D eigenvalue weighted by atomic mass is 32.2. The highest BCUT2D eigenvalue weighted by Gasteiger charge is 2.42. The molecule has 1 N–H and O–H groups in total. The number of thiocarbonyl (C=S) groups is 1. The number of likely N-dealkylation sites (N-methyl/N-ethyl adjacent to an activating group) is 1. The van der Waals surface area contributed by atoms with Crippen LogP contribution in [-0.2, 0) is 9.59 Å². The zero-order valence-corrected chi connectivity index (χ0v) is 28.6. The highest BCUT2D eigenvalue weighted by Crippen LogP contribution is 2.52. The van der Waals surface area contributed by atoms with Crippen molar-refractivity contribution < 1.29 is 14.7 Å². The molecule has 1 fully saturated rings. The molecule has 0 radical (unpaired) electrons. The van der Waals surface area contributed by atoms with Gasteiger partial charge in [-0.2, -0.15) is 0 Å². The van der Waals surface area contributed by atoms with E-state index < -0.39 is 5.97 Å². The molecule has 2 atom stereocenters. The molecule has 0 saturated heterocycles. The van der Waals surface area contributed by atoms with Crippen LogP contribution in [0.3, 0.4) is 0 Å². The molecule has 2 unspecified atom stereocenters. The maximum absolute atomic E-state index is 11.9. The van der Waals surface area contributed by atoms with Gasteiger partial charge in [-0.3, -0.25) is 9.59 Å². The number of aliphatic carboxylic acids is 1. The van der Waals surface area contributed by atoms with Crippen LogP contribution in [0.1, 0.15) is 66.8 Å². The molecule has 5 nitrogen and oxygen atoms in total. The number of thioether (sulfide) groups is 1. The lowest BCUT2D eigenvalue weighted by atomic mass is 9.95. The minimum atomic E-state index is -0.971. The Balaban J connectivity index is 0.00000213. The van der Waals surface area contributed by atoms with Gasteiger partial charge in [-0.05, 0) is 82.6 Å². The fourth-order valence-corrected chi connectivity index (χ4v) is 7.48. The van der Waals surface area contributed by atoms with E-state index in [1.165, 1.54) is 45.0 Å². The predicted molar refractivity (Wildman–Crippen MR) is 201 cm³/mol. The minimum Gasteiger partial charge on any atom is -0.480 e. The van der Waals surface area contributed by atoms with Gasteiger partial charge in [0.15, 0.2) is 6.29 Å². The SMILES string of the molecule is CC.CN(CC(=O)O)C(=S)S/C(C=O)=C\c1ccc2c(c1)C1CCCC1N2c1ccc(C=C(c2ccccc2)c2ccccc2)cc1. The van der Waals surface area contributed by atoms with Gasteiger partial charge in [-0.15, -0.1) is 0 Å². The summed E-state index contributed by atoms with van der Waals surface area (Å²) in [4.78, 5) is 27.4. The molecule has 1 saturated carbocycles. The van der Waals surface area contributed by atoms with E-state index in [1.54, 1.807) is 7.05 Å². The third-order valence-corrected chi connectivity index (χ3v) is 9.99. The van der Waals surface area contributed by atoms with Crippen LogP contribution in [0.2, 0.25) is 0 Å². The van der Waals surface area contributed by atoms with Crippen molar-refractivity contribution >= 4 is 69.7 Å². The van der Waals surface area contributed by atoms with Crippen LogP contribution in [0, 0.1) is 0 Å². The average molecular weight is 661 g/mol. The van der Waals surface area contributed by atoms with Gasteiger partial charge in [0.05, 0.1) is 4.91 Å². The van der Waals surface area contributed by atoms with Crippen LogP contribution in [-0.4, -0.2) is 46.2 Å². The van der Waals surface area contributed by atoms with Gasteiger partial charge in [-0.1, -0.05) is 123 Å². The van der Waals surface area contributed by atoms with Crippen molar-refractivity contribution in [3.05, 3.63) is 136 Å². The van der Waals surface area contributed by atoms with Crippen LogP contribution >= 0.6 is 24.0 Å². The molecular formula is C40H40N2O3S2. The summed E-state index contributed by atoms with van der Waals surface area (Å²) in [6.45, 7) is 3.79. The van der Waals surface area contributed by atoms with Crippen LogP contribution < -0.4 is 4.90 Å². The monoisotopic (exact) mass is 660 g/mol. The van der Waals surface area contributed by atoms with Gasteiger partial charge >= 0.3 is 5.97 Å². The van der Waals surface area contributed by atoms with Gasteiger partial charge < -0.3 is 14.9 Å². The van der Waals surface area contributed by atoms with Crippen molar-refractivity contribution in [3.63, 3.8) is 0 Å². The Morgan fingerprint density at radius 1 is 0.894 bits per heavy atom. The molecule has 0 aromatic heterocycles. The lowest BCUT2D eigenvalue weighted by Gasteiger charge is -2.27. The highest BCUT2D eigenvalue weighted by molar-refractivity contribution is 8.26. The number of carbonyl (C=O) groups excluding carboxylic acids is 1. The molecule has 4 aromatic carbocycles. The van der Waals surface area contributed by atoms with E-state index >= 15 is 0 Å². The normalized spacial score (nSPS) is 16.3. The second-order valence-corrected chi connectivity index (χ2v) is 13.2. The number of anilines is 2. The zero-order valence-electron chi connectivity index (χ0n) is 27.0. The number of allylic oxidation sites excluding steroid dienone is 1. The molecule has 47 heavy (non-hydrogen) atoms. The standard InChI is InChI=1S/C38H34N2O3S2.C2H6/c1-39(24-37(42)43)38(44)45-31(25-41)21-27-17-20-36-34(23-27)32-13-8-14-35(32)40(36)30-18-15-26(16-19-30)22-33(28-9-4-2-5-10-28)29-11-6-3-7-12-29;1-2/h2-7,9-12,15-23,25,32,35H,8,13-14,24H2,1H3,(H,42,43);1-2H3/b31-21-;. The number of nitrogens with zero attached hydrogens (tertiary/aromatic N) is 2. The summed E-state index contributed by atoms with van der Waals surface area (Å²) < 4.78 is 0.344. The van der Waals surface area contributed by atoms with Crippen molar-refractivity contribution in [2.24, 2.45) is 0 Å². The van der Waals surface area contributed by atoms with E-state index in [0.717, 1.165) is 42.0 Å². The Hall–Kier alpha value is -4.46. The van der Waals surface area contributed by atoms with E-state index in [-0.39, 0.29) is 6.54 Å². The summed E-state index contributed by atoms with van der Waals surface area (Å²) in [5.41, 5.74) is 9.36. The summed E-state index contributed by atoms with van der Waals surface area (Å²) in [5.74, 6) is -0.535. The first-order valence-corrected chi connectivity index (χ1v) is 17.3. The van der Waals surface area contributed by atoms with Crippen molar-refractivity contribution in [2.45, 2.75) is 45.1 Å². The number of aldehydes is 1. The first-order valence-electron chi connectivity index (χ1n) is 16.1. The van der Waals surface area contributed by atoms with Gasteiger partial charge in [0.25, 0.3) is 0 Å². The van der Waals surface area contributed by atoms with E-state index in [9.17, 15) is 9.59 Å². The Morgan fingerprint density at radius 2 is 1.51 bits per heavy atom. The maximum Gasteiger partial charge on any atom is 0.323 e. The van der Waals surface area contributed by atoms with Crippen LogP contribution in [0.15, 0.2) is 108 Å². The maximum atomic E-state index is 11.9. The third-order valence-electron chi connectivity index (χ3n) is 8.49. The lowest BCUT2D eigenvalue weighted by molar-refractivity contribution is -0.137. The molecule has 0 amide bonds. The second-order valence-electron chi connectivity index (χ2n) is 11.5. The second kappa shape index (κ2) is 15.9. The molecule has 6 rings (SSSR count). The molecule has 1 heterocycles. The number of fused-ring (bicyclic) bond motifs is 3. The fourth-order valence-electron chi connectivity index (χ4n) is 6.47. The number of benzene rings is 4. The van der Waals surface area contributed by atoms with Gasteiger partial charge in [0, 0.05) is 30.4 Å². The van der Waals surface area contributed by atoms with Crippen molar-refractivity contribution in [3.8, 4) is 0 Å². The molecule has 1 aliphatic carbocycles. The zero-order chi connectivity index (χ0) is 33.3. The predicted octanol–water partition coefficient (Wildman–Crippen LogP) is 9.66. The fraction of sp³-hybridized carbons (Fsp3) is 0.225. The number of carbonyl (C=O) groups is 2. The van der Waals surface area contributed by atoms with Gasteiger partial charge in [0.1, 0.15) is 10.9 Å². The largest absolute Gasteiger partial charge is 0.480 e. The molecule has 1 aliphatic heterocycles. The number of carboxylic acid groups (broad SMARTS) is 1. The molecular weight excluding hydrogens is 621 g/mol. The van der Waals surface area contributed by atoms with E-state index in [4.69, 9.17) is 17.3 Å². The summed E-state index contributed by atoms with van der Waals surface area (Å²) in [5, 5.41) is 9.06. The Morgan fingerprint density at radius 3 is 2.11 bits per heavy atom. The van der Waals surface area contributed by atoms with Crippen LogP contribution in [0.4, 0.5) is 11.4 Å². The third kappa shape index (κ3) is 7.92. The molecule has 0 bridgehead atoms. The quantitative estimate of drug-likeness (QED) is 0.0830. The first-order chi connectivity index (χ1) is 22.9. The number of hydrogen-bond donors (Lipinski definition) is 1. The summed E-state index contributed by atoms with van der Waals surface area (Å²) in [6.07, 6.45) is 8.33. The number of carboxylic acids is 1. The van der Waals surface area contributed by atoms with E-state index in [1.807, 2.05) is 38.1 Å². The van der Waals surface area contributed by atoms with E-state index in [0.29, 0.717) is 21.2 Å². The Bertz CT molecular complexity index is 1730. The van der Waals surface area contributed by atoms with Crippen molar-refractivity contribution in [1.82, 2.24) is 4.90 Å². The average Bonchev–Trinajstić information content (AvgIpc) is 3.70.